The molecule has 96 valence electrons. The number of aliphatic hydroxyl groups excluding tert-OH is 1. The van der Waals surface area contributed by atoms with E-state index in [1.165, 1.54) is 0 Å². The summed E-state index contributed by atoms with van der Waals surface area (Å²) in [6.45, 7) is 5.48. The molecule has 3 rings (SSSR count). The van der Waals surface area contributed by atoms with Gasteiger partial charge in [0.2, 0.25) is 0 Å². The van der Waals surface area contributed by atoms with Crippen LogP contribution in [0.1, 0.15) is 33.6 Å². The second kappa shape index (κ2) is 3.22. The summed E-state index contributed by atoms with van der Waals surface area (Å²) in [7, 11) is 0. The van der Waals surface area contributed by atoms with Crippen LogP contribution >= 0.6 is 0 Å². The van der Waals surface area contributed by atoms with Crippen molar-refractivity contribution >= 4 is 5.78 Å². The van der Waals surface area contributed by atoms with Crippen molar-refractivity contribution in [3.05, 3.63) is 33.9 Å². The third kappa shape index (κ3) is 1.09. The molecule has 0 amide bonds. The minimum atomic E-state index is -1.29. The molecule has 0 heterocycles. The Bertz CT molecular complexity index is 554. The maximum Gasteiger partial charge on any atom is 0.195 e. The van der Waals surface area contributed by atoms with Gasteiger partial charge < -0.3 is 10.2 Å². The van der Waals surface area contributed by atoms with Crippen molar-refractivity contribution in [1.82, 2.24) is 0 Å². The van der Waals surface area contributed by atoms with E-state index in [4.69, 9.17) is 0 Å². The maximum absolute atomic E-state index is 12.5. The van der Waals surface area contributed by atoms with E-state index in [2.05, 4.69) is 0 Å². The number of hydrogen-bond acceptors (Lipinski definition) is 3. The topological polar surface area (TPSA) is 57.5 Å². The molecule has 2 N–H and O–H groups in total. The van der Waals surface area contributed by atoms with Crippen molar-refractivity contribution in [2.75, 3.05) is 6.61 Å². The molecule has 0 saturated heterocycles. The Labute approximate surface area is 107 Å². The molecule has 3 aliphatic rings. The maximum atomic E-state index is 12.5. The van der Waals surface area contributed by atoms with E-state index in [1.54, 1.807) is 13.0 Å². The zero-order chi connectivity index (χ0) is 13.3. The molecule has 3 aliphatic carbocycles. The number of Topliss-reactive ketones (excluding diaryl/α,β-unsaturated/α-hetero) is 1. The molecule has 1 fully saturated rings. The van der Waals surface area contributed by atoms with Gasteiger partial charge >= 0.3 is 0 Å². The van der Waals surface area contributed by atoms with Crippen LogP contribution in [-0.2, 0) is 4.79 Å². The molecule has 3 heteroatoms. The number of carbonyl (C=O) groups excluding carboxylic acids is 1. The van der Waals surface area contributed by atoms with Gasteiger partial charge in [0.15, 0.2) is 5.78 Å². The van der Waals surface area contributed by atoms with Crippen LogP contribution < -0.4 is 0 Å². The smallest absolute Gasteiger partial charge is 0.195 e. The van der Waals surface area contributed by atoms with E-state index in [0.717, 1.165) is 35.1 Å². The summed E-state index contributed by atoms with van der Waals surface area (Å²) in [5.74, 6) is -0.191. The number of ketones is 1. The molecular formula is C15H18O3. The number of aliphatic hydroxyl groups is 2. The van der Waals surface area contributed by atoms with Crippen LogP contribution in [0.5, 0.6) is 0 Å². The summed E-state index contributed by atoms with van der Waals surface area (Å²) in [6, 6.07) is 0. The summed E-state index contributed by atoms with van der Waals surface area (Å²) in [6.07, 6.45) is 3.51. The highest BCUT2D eigenvalue weighted by molar-refractivity contribution is 6.10. The lowest BCUT2D eigenvalue weighted by Gasteiger charge is -2.39. The van der Waals surface area contributed by atoms with Crippen molar-refractivity contribution in [2.45, 2.75) is 39.2 Å². The standard InChI is InChI=1S/C15H18O3/c1-8-6-10-12(11(8)7-16)9(2)15(4-5-15)14(3,18)13(10)17/h6,16,18H,4-5,7H2,1-3H3/t14-/m1/s1. The first-order valence-corrected chi connectivity index (χ1v) is 6.38. The van der Waals surface area contributed by atoms with Gasteiger partial charge in [-0.15, -0.1) is 0 Å². The SMILES string of the molecule is CC1=C(CO)C2=C(C)C3(CC3)[C@](C)(O)C(=O)C2=C1. The highest BCUT2D eigenvalue weighted by Crippen LogP contribution is 2.64. The van der Waals surface area contributed by atoms with Gasteiger partial charge in [-0.05, 0) is 56.4 Å². The van der Waals surface area contributed by atoms with E-state index < -0.39 is 5.60 Å². The predicted octanol–water partition coefficient (Wildman–Crippen LogP) is 1.67. The molecule has 0 aromatic carbocycles. The number of fused-ring (bicyclic) bond motifs is 1. The molecule has 0 aliphatic heterocycles. The number of hydrogen-bond donors (Lipinski definition) is 2. The van der Waals surface area contributed by atoms with Crippen LogP contribution in [0, 0.1) is 5.41 Å². The van der Waals surface area contributed by atoms with Crippen molar-refractivity contribution in [3.63, 3.8) is 0 Å². The first-order valence-electron chi connectivity index (χ1n) is 6.38. The number of allylic oxidation sites excluding steroid dienone is 2. The molecule has 0 unspecified atom stereocenters. The normalized spacial score (nSPS) is 33.2. The van der Waals surface area contributed by atoms with Gasteiger partial charge in [0, 0.05) is 11.0 Å². The second-order valence-electron chi connectivity index (χ2n) is 5.86. The molecule has 1 atom stereocenters. The molecule has 1 saturated carbocycles. The molecular weight excluding hydrogens is 228 g/mol. The second-order valence-corrected chi connectivity index (χ2v) is 5.86. The lowest BCUT2D eigenvalue weighted by Crippen LogP contribution is -2.49. The average molecular weight is 246 g/mol. The fraction of sp³-hybridized carbons (Fsp3) is 0.533. The Hall–Kier alpha value is -1.19. The molecule has 0 aromatic heterocycles. The van der Waals surface area contributed by atoms with Crippen molar-refractivity contribution in [2.24, 2.45) is 5.41 Å². The minimum Gasteiger partial charge on any atom is -0.392 e. The summed E-state index contributed by atoms with van der Waals surface area (Å²) < 4.78 is 0. The van der Waals surface area contributed by atoms with Crippen LogP contribution in [0.2, 0.25) is 0 Å². The summed E-state index contributed by atoms with van der Waals surface area (Å²) in [5.41, 5.74) is 2.64. The Kier molecular flexibility index (Phi) is 2.13. The van der Waals surface area contributed by atoms with Crippen LogP contribution in [0.3, 0.4) is 0 Å². The van der Waals surface area contributed by atoms with E-state index in [-0.39, 0.29) is 17.8 Å². The van der Waals surface area contributed by atoms with E-state index in [1.807, 2.05) is 13.8 Å². The largest absolute Gasteiger partial charge is 0.392 e. The summed E-state index contributed by atoms with van der Waals surface area (Å²) in [4.78, 5) is 12.5. The van der Waals surface area contributed by atoms with Gasteiger partial charge in [0.25, 0.3) is 0 Å². The molecule has 18 heavy (non-hydrogen) atoms. The minimum absolute atomic E-state index is 0.0516. The lowest BCUT2D eigenvalue weighted by atomic mass is 9.67. The van der Waals surface area contributed by atoms with Crippen LogP contribution in [-0.4, -0.2) is 28.2 Å². The zero-order valence-electron chi connectivity index (χ0n) is 11.0. The van der Waals surface area contributed by atoms with Gasteiger partial charge in [0.1, 0.15) is 5.60 Å². The molecule has 0 aromatic rings. The van der Waals surface area contributed by atoms with Crippen molar-refractivity contribution in [1.29, 1.82) is 0 Å². The third-order valence-electron chi connectivity index (χ3n) is 5.03. The van der Waals surface area contributed by atoms with E-state index in [9.17, 15) is 15.0 Å². The Morgan fingerprint density at radius 2 is 1.94 bits per heavy atom. The van der Waals surface area contributed by atoms with Gasteiger partial charge in [-0.1, -0.05) is 5.57 Å². The van der Waals surface area contributed by atoms with Gasteiger partial charge in [-0.2, -0.15) is 0 Å². The highest BCUT2D eigenvalue weighted by atomic mass is 16.3. The number of rotatable bonds is 1. The monoisotopic (exact) mass is 246 g/mol. The quantitative estimate of drug-likeness (QED) is 0.740. The Balaban J connectivity index is 2.28. The van der Waals surface area contributed by atoms with Crippen LogP contribution in [0.4, 0.5) is 0 Å². The molecule has 0 bridgehead atoms. The third-order valence-corrected chi connectivity index (χ3v) is 5.03. The van der Waals surface area contributed by atoms with Gasteiger partial charge in [-0.3, -0.25) is 4.79 Å². The summed E-state index contributed by atoms with van der Waals surface area (Å²) >= 11 is 0. The fourth-order valence-corrected chi connectivity index (χ4v) is 3.62. The van der Waals surface area contributed by atoms with Crippen LogP contribution in [0.25, 0.3) is 0 Å². The van der Waals surface area contributed by atoms with E-state index in [0.29, 0.717) is 5.57 Å². The first-order chi connectivity index (χ1) is 8.37. The predicted molar refractivity (Wildman–Crippen MR) is 67.9 cm³/mol. The van der Waals surface area contributed by atoms with Crippen molar-refractivity contribution in [3.8, 4) is 0 Å². The lowest BCUT2D eigenvalue weighted by molar-refractivity contribution is -0.137. The van der Waals surface area contributed by atoms with Crippen LogP contribution in [0.15, 0.2) is 33.9 Å². The number of carbonyl (C=O) groups is 1. The Morgan fingerprint density at radius 3 is 2.44 bits per heavy atom. The van der Waals surface area contributed by atoms with Crippen molar-refractivity contribution < 1.29 is 15.0 Å². The van der Waals surface area contributed by atoms with Gasteiger partial charge in [0.05, 0.1) is 6.61 Å². The van der Waals surface area contributed by atoms with Gasteiger partial charge in [-0.25, -0.2) is 0 Å². The molecule has 1 spiro atoms. The zero-order valence-corrected chi connectivity index (χ0v) is 11.0. The highest BCUT2D eigenvalue weighted by Gasteiger charge is 2.64. The molecule has 3 nitrogen and oxygen atoms in total. The summed E-state index contributed by atoms with van der Waals surface area (Å²) in [5, 5.41) is 20.1. The Morgan fingerprint density at radius 1 is 1.33 bits per heavy atom. The fourth-order valence-electron chi connectivity index (χ4n) is 3.62. The first kappa shape index (κ1) is 11.9. The molecule has 0 radical (unpaired) electrons. The van der Waals surface area contributed by atoms with E-state index >= 15 is 0 Å². The average Bonchev–Trinajstić information content (AvgIpc) is 3.06.